The van der Waals surface area contributed by atoms with E-state index in [2.05, 4.69) is 13.8 Å². The fraction of sp³-hybridized carbons (Fsp3) is 0.929. The number of hydrogen-bond acceptors (Lipinski definition) is 2. The van der Waals surface area contributed by atoms with Crippen LogP contribution in [0.2, 0.25) is 0 Å². The van der Waals surface area contributed by atoms with Crippen molar-refractivity contribution in [2.24, 2.45) is 17.6 Å². The van der Waals surface area contributed by atoms with E-state index in [0.29, 0.717) is 17.9 Å². The summed E-state index contributed by atoms with van der Waals surface area (Å²) in [6, 6.07) is 0.296. The quantitative estimate of drug-likeness (QED) is 0.750. The molecule has 0 aromatic heterocycles. The van der Waals surface area contributed by atoms with Gasteiger partial charge in [-0.1, -0.05) is 26.7 Å². The minimum Gasteiger partial charge on any atom is -0.346 e. The Morgan fingerprint density at radius 1 is 1.35 bits per heavy atom. The highest BCUT2D eigenvalue weighted by Crippen LogP contribution is 2.29. The van der Waals surface area contributed by atoms with Crippen LogP contribution in [-0.2, 0) is 4.79 Å². The molecule has 1 saturated carbocycles. The molecule has 1 rings (SSSR count). The summed E-state index contributed by atoms with van der Waals surface area (Å²) in [7, 11) is 1.94. The third-order valence-corrected chi connectivity index (χ3v) is 4.06. The molecule has 1 fully saturated rings. The molecule has 100 valence electrons. The molecule has 0 aliphatic heterocycles. The molecule has 3 nitrogen and oxygen atoms in total. The normalized spacial score (nSPS) is 29.1. The van der Waals surface area contributed by atoms with Gasteiger partial charge in [-0.2, -0.15) is 0 Å². The Labute approximate surface area is 106 Å². The van der Waals surface area contributed by atoms with Gasteiger partial charge >= 0.3 is 0 Å². The van der Waals surface area contributed by atoms with E-state index in [-0.39, 0.29) is 5.92 Å². The zero-order valence-electron chi connectivity index (χ0n) is 11.6. The third kappa shape index (κ3) is 4.30. The molecular formula is C14H28N2O. The van der Waals surface area contributed by atoms with Crippen molar-refractivity contribution in [1.82, 2.24) is 4.90 Å². The van der Waals surface area contributed by atoms with Gasteiger partial charge in [0.05, 0.1) is 0 Å². The van der Waals surface area contributed by atoms with Gasteiger partial charge in [0.2, 0.25) is 5.91 Å². The molecule has 0 aromatic rings. The lowest BCUT2D eigenvalue weighted by molar-refractivity contribution is -0.135. The van der Waals surface area contributed by atoms with E-state index < -0.39 is 0 Å². The highest BCUT2D eigenvalue weighted by atomic mass is 16.2. The van der Waals surface area contributed by atoms with Gasteiger partial charge in [0.25, 0.3) is 0 Å². The Morgan fingerprint density at radius 2 is 2.06 bits per heavy atom. The molecule has 0 heterocycles. The lowest BCUT2D eigenvalue weighted by Crippen LogP contribution is -2.41. The number of carbonyl (C=O) groups excluding carboxylic acids is 1. The molecule has 3 atom stereocenters. The number of rotatable bonds is 5. The van der Waals surface area contributed by atoms with Crippen LogP contribution in [0.5, 0.6) is 0 Å². The number of nitrogens with zero attached hydrogens (tertiary/aromatic N) is 1. The van der Waals surface area contributed by atoms with Crippen molar-refractivity contribution in [2.45, 2.75) is 58.4 Å². The summed E-state index contributed by atoms with van der Waals surface area (Å²) in [6.45, 7) is 5.26. The van der Waals surface area contributed by atoms with Crippen LogP contribution < -0.4 is 5.73 Å². The molecule has 3 heteroatoms. The van der Waals surface area contributed by atoms with Crippen molar-refractivity contribution < 1.29 is 4.79 Å². The summed E-state index contributed by atoms with van der Waals surface area (Å²) in [6.07, 6.45) is 6.49. The zero-order chi connectivity index (χ0) is 12.8. The minimum absolute atomic E-state index is 0.219. The number of unbranched alkanes of at least 4 members (excludes halogenated alkanes) is 2. The lowest BCUT2D eigenvalue weighted by Gasteiger charge is -2.33. The average molecular weight is 240 g/mol. The van der Waals surface area contributed by atoms with Gasteiger partial charge in [0.1, 0.15) is 0 Å². The number of amides is 1. The van der Waals surface area contributed by atoms with Crippen molar-refractivity contribution in [3.63, 3.8) is 0 Å². The van der Waals surface area contributed by atoms with Crippen LogP contribution in [0.1, 0.15) is 52.4 Å². The van der Waals surface area contributed by atoms with Crippen LogP contribution in [0.15, 0.2) is 0 Å². The van der Waals surface area contributed by atoms with Crippen LogP contribution >= 0.6 is 0 Å². The molecule has 0 radical (unpaired) electrons. The van der Waals surface area contributed by atoms with Crippen LogP contribution in [0.4, 0.5) is 0 Å². The molecule has 3 unspecified atom stereocenters. The van der Waals surface area contributed by atoms with Gasteiger partial charge in [0.15, 0.2) is 0 Å². The maximum Gasteiger partial charge on any atom is 0.225 e. The van der Waals surface area contributed by atoms with Gasteiger partial charge < -0.3 is 10.6 Å². The Bertz CT molecular complexity index is 242. The average Bonchev–Trinajstić information content (AvgIpc) is 2.32. The maximum absolute atomic E-state index is 12.2. The van der Waals surface area contributed by atoms with E-state index in [0.717, 1.165) is 32.2 Å². The summed E-state index contributed by atoms with van der Waals surface area (Å²) in [5.74, 6) is 1.04. The predicted molar refractivity (Wildman–Crippen MR) is 71.6 cm³/mol. The van der Waals surface area contributed by atoms with Gasteiger partial charge in [-0.3, -0.25) is 4.79 Å². The predicted octanol–water partition coefficient (Wildman–Crippen LogP) is 2.40. The van der Waals surface area contributed by atoms with Gasteiger partial charge in [-0.15, -0.1) is 0 Å². The Kier molecular flexibility index (Phi) is 5.96. The first-order valence-corrected chi connectivity index (χ1v) is 7.06. The molecule has 1 aliphatic rings. The van der Waals surface area contributed by atoms with E-state index in [1.807, 2.05) is 11.9 Å². The van der Waals surface area contributed by atoms with Crippen LogP contribution in [0.25, 0.3) is 0 Å². The van der Waals surface area contributed by atoms with Crippen molar-refractivity contribution in [1.29, 1.82) is 0 Å². The standard InChI is InChI=1S/C14H28N2O/c1-4-5-6-9-16(3)14(17)12-7-8-13(15)11(2)10-12/h11-13H,4-10,15H2,1-3H3. The van der Waals surface area contributed by atoms with Crippen LogP contribution in [0, 0.1) is 11.8 Å². The number of hydrogen-bond donors (Lipinski definition) is 1. The summed E-state index contributed by atoms with van der Waals surface area (Å²) in [5, 5.41) is 0. The van der Waals surface area contributed by atoms with Crippen LogP contribution in [-0.4, -0.2) is 30.4 Å². The zero-order valence-corrected chi connectivity index (χ0v) is 11.6. The van der Waals surface area contributed by atoms with Crippen molar-refractivity contribution in [3.8, 4) is 0 Å². The Morgan fingerprint density at radius 3 is 2.65 bits per heavy atom. The molecule has 0 bridgehead atoms. The third-order valence-electron chi connectivity index (χ3n) is 4.06. The highest BCUT2D eigenvalue weighted by Gasteiger charge is 2.30. The SMILES string of the molecule is CCCCCN(C)C(=O)C1CCC(N)C(C)C1. The second-order valence-corrected chi connectivity index (χ2v) is 5.62. The number of nitrogens with two attached hydrogens (primary N) is 1. The summed E-state index contributed by atoms with van der Waals surface area (Å²) < 4.78 is 0. The molecule has 2 N–H and O–H groups in total. The van der Waals surface area contributed by atoms with Gasteiger partial charge in [-0.05, 0) is 31.6 Å². The van der Waals surface area contributed by atoms with E-state index in [4.69, 9.17) is 5.73 Å². The second kappa shape index (κ2) is 7.00. The number of carbonyl (C=O) groups is 1. The van der Waals surface area contributed by atoms with E-state index in [1.165, 1.54) is 12.8 Å². The van der Waals surface area contributed by atoms with E-state index in [9.17, 15) is 4.79 Å². The van der Waals surface area contributed by atoms with Crippen molar-refractivity contribution >= 4 is 5.91 Å². The molecule has 0 aromatic carbocycles. The first kappa shape index (κ1) is 14.5. The topological polar surface area (TPSA) is 46.3 Å². The first-order valence-electron chi connectivity index (χ1n) is 7.06. The fourth-order valence-electron chi connectivity index (χ4n) is 2.66. The summed E-state index contributed by atoms with van der Waals surface area (Å²) in [4.78, 5) is 14.2. The highest BCUT2D eigenvalue weighted by molar-refractivity contribution is 5.78. The molecular weight excluding hydrogens is 212 g/mol. The van der Waals surface area contributed by atoms with E-state index in [1.54, 1.807) is 0 Å². The Hall–Kier alpha value is -0.570. The van der Waals surface area contributed by atoms with Crippen LogP contribution in [0.3, 0.4) is 0 Å². The monoisotopic (exact) mass is 240 g/mol. The molecule has 0 saturated heterocycles. The van der Waals surface area contributed by atoms with E-state index >= 15 is 0 Å². The molecule has 1 amide bonds. The molecule has 17 heavy (non-hydrogen) atoms. The summed E-state index contributed by atoms with van der Waals surface area (Å²) in [5.41, 5.74) is 5.99. The van der Waals surface area contributed by atoms with Crippen molar-refractivity contribution in [2.75, 3.05) is 13.6 Å². The lowest BCUT2D eigenvalue weighted by atomic mass is 9.79. The minimum atomic E-state index is 0.219. The van der Waals surface area contributed by atoms with Gasteiger partial charge in [-0.25, -0.2) is 0 Å². The van der Waals surface area contributed by atoms with Crippen molar-refractivity contribution in [3.05, 3.63) is 0 Å². The first-order chi connectivity index (χ1) is 8.06. The van der Waals surface area contributed by atoms with Gasteiger partial charge in [0, 0.05) is 25.6 Å². The smallest absolute Gasteiger partial charge is 0.225 e. The molecule has 1 aliphatic carbocycles. The largest absolute Gasteiger partial charge is 0.346 e. The fourth-order valence-corrected chi connectivity index (χ4v) is 2.66. The molecule has 0 spiro atoms. The summed E-state index contributed by atoms with van der Waals surface area (Å²) >= 11 is 0. The Balaban J connectivity index is 2.36. The maximum atomic E-state index is 12.2. The second-order valence-electron chi connectivity index (χ2n) is 5.62.